The molecule has 5 nitrogen and oxygen atoms in total. The predicted octanol–water partition coefficient (Wildman–Crippen LogP) is -1.24. The maximum absolute atomic E-state index is 10.5. The van der Waals surface area contributed by atoms with Gasteiger partial charge in [-0.15, -0.1) is 0 Å². The summed E-state index contributed by atoms with van der Waals surface area (Å²) in [4.78, 5) is 10.2. The van der Waals surface area contributed by atoms with Gasteiger partial charge < -0.3 is 0 Å². The third-order valence-corrected chi connectivity index (χ3v) is 1.63. The number of carbonyl (C=O) groups is 1. The summed E-state index contributed by atoms with van der Waals surface area (Å²) in [6.07, 6.45) is 0. The first kappa shape index (κ1) is 13.9. The summed E-state index contributed by atoms with van der Waals surface area (Å²) in [5.74, 6) is -0.659. The molecule has 0 saturated heterocycles. The third kappa shape index (κ3) is 8.28. The summed E-state index contributed by atoms with van der Waals surface area (Å²) >= 11 is 0. The molecule has 0 saturated carbocycles. The molecule has 0 rings (SSSR count). The Bertz CT molecular complexity index is 212. The van der Waals surface area contributed by atoms with E-state index in [0.717, 1.165) is 6.92 Å². The number of carbonyl (C=O) groups excluding carboxylic acids is 1. The van der Waals surface area contributed by atoms with Gasteiger partial charge >= 0.3 is 39.9 Å². The molecule has 1 amide bonds. The number of hydrogen-bond donors (Lipinski definition) is 1. The van der Waals surface area contributed by atoms with Crippen LogP contribution in [0.1, 0.15) is 13.8 Å². The SMILES string of the molecule is CCOS(=O)(=O)NC(C)=O.[NaH]. The molecule has 0 bridgehead atoms. The number of nitrogens with one attached hydrogen (secondary N) is 1. The fraction of sp³-hybridized carbons (Fsp3) is 0.750. The van der Waals surface area contributed by atoms with E-state index in [1.807, 2.05) is 0 Å². The van der Waals surface area contributed by atoms with Crippen LogP contribution in [0.3, 0.4) is 0 Å². The summed E-state index contributed by atoms with van der Waals surface area (Å²) in [6.45, 7) is 2.62. The monoisotopic (exact) mass is 191 g/mol. The quantitative estimate of drug-likeness (QED) is 0.566. The van der Waals surface area contributed by atoms with Gasteiger partial charge in [-0.2, -0.15) is 8.42 Å². The van der Waals surface area contributed by atoms with Gasteiger partial charge in [-0.05, 0) is 6.92 Å². The summed E-state index contributed by atoms with van der Waals surface area (Å²) in [5.41, 5.74) is 0. The van der Waals surface area contributed by atoms with Crippen LogP contribution in [0, 0.1) is 0 Å². The molecule has 0 aromatic heterocycles. The van der Waals surface area contributed by atoms with E-state index in [-0.39, 0.29) is 36.2 Å². The van der Waals surface area contributed by atoms with E-state index in [0.29, 0.717) is 0 Å². The van der Waals surface area contributed by atoms with Gasteiger partial charge in [0, 0.05) is 6.92 Å². The zero-order chi connectivity index (χ0) is 8.20. The Hall–Kier alpha value is 0.380. The molecule has 0 fully saturated rings. The summed E-state index contributed by atoms with van der Waals surface area (Å²) in [5, 5.41) is 0. The topological polar surface area (TPSA) is 72.5 Å². The molecule has 0 heterocycles. The molecule has 7 heteroatoms. The van der Waals surface area contributed by atoms with Crippen LogP contribution in [0.15, 0.2) is 0 Å². The van der Waals surface area contributed by atoms with Crippen molar-refractivity contribution in [3.63, 3.8) is 0 Å². The molecule has 1 N–H and O–H groups in total. The van der Waals surface area contributed by atoms with Crippen LogP contribution in [0.2, 0.25) is 0 Å². The minimum absolute atomic E-state index is 0. The van der Waals surface area contributed by atoms with Crippen molar-refractivity contribution in [2.75, 3.05) is 6.61 Å². The van der Waals surface area contributed by atoms with Crippen LogP contribution in [-0.2, 0) is 19.3 Å². The average Bonchev–Trinajstić information content (AvgIpc) is 1.59. The number of rotatable bonds is 3. The van der Waals surface area contributed by atoms with Gasteiger partial charge in [0.2, 0.25) is 5.91 Å². The molecule has 0 atom stereocenters. The van der Waals surface area contributed by atoms with Crippen molar-refractivity contribution >= 4 is 45.8 Å². The molecule has 0 aromatic rings. The van der Waals surface area contributed by atoms with Gasteiger partial charge in [-0.3, -0.25) is 8.98 Å². The second-order valence-corrected chi connectivity index (χ2v) is 2.87. The molecule has 0 spiro atoms. The van der Waals surface area contributed by atoms with Gasteiger partial charge in [-0.1, -0.05) is 0 Å². The Kier molecular flexibility index (Phi) is 7.55. The van der Waals surface area contributed by atoms with E-state index in [2.05, 4.69) is 4.18 Å². The van der Waals surface area contributed by atoms with Gasteiger partial charge in [0.05, 0.1) is 6.61 Å². The van der Waals surface area contributed by atoms with E-state index in [9.17, 15) is 13.2 Å². The first-order chi connectivity index (χ1) is 4.48. The van der Waals surface area contributed by atoms with Crippen LogP contribution in [0.5, 0.6) is 0 Å². The van der Waals surface area contributed by atoms with Crippen molar-refractivity contribution in [1.82, 2.24) is 4.72 Å². The fourth-order valence-electron chi connectivity index (χ4n) is 0.361. The van der Waals surface area contributed by atoms with Gasteiger partial charge in [-0.25, -0.2) is 4.72 Å². The molecule has 62 valence electrons. The van der Waals surface area contributed by atoms with E-state index in [4.69, 9.17) is 0 Å². The molecule has 11 heavy (non-hydrogen) atoms. The van der Waals surface area contributed by atoms with E-state index < -0.39 is 16.2 Å². The average molecular weight is 191 g/mol. The van der Waals surface area contributed by atoms with E-state index >= 15 is 0 Å². The summed E-state index contributed by atoms with van der Waals surface area (Å²) < 4.78 is 26.8. The second-order valence-electron chi connectivity index (χ2n) is 1.52. The molecule has 0 radical (unpaired) electrons. The second kappa shape index (κ2) is 5.96. The van der Waals surface area contributed by atoms with Gasteiger partial charge in [0.1, 0.15) is 0 Å². The minimum atomic E-state index is -3.83. The molecule has 0 unspecified atom stereocenters. The molecular formula is C4H10NNaO4S. The van der Waals surface area contributed by atoms with Crippen molar-refractivity contribution < 1.29 is 17.4 Å². The predicted molar refractivity (Wildman–Crippen MR) is 41.5 cm³/mol. The van der Waals surface area contributed by atoms with Crippen molar-refractivity contribution in [2.45, 2.75) is 13.8 Å². The molecule has 0 aliphatic heterocycles. The standard InChI is InChI=1S/C4H9NO4S.Na.H/c1-3-9-10(7,8)5-4(2)6;;/h3H2,1-2H3,(H,5,6);;. The molecular weight excluding hydrogens is 181 g/mol. The van der Waals surface area contributed by atoms with Crippen LogP contribution in [0.25, 0.3) is 0 Å². The van der Waals surface area contributed by atoms with E-state index in [1.54, 1.807) is 4.72 Å². The normalized spacial score (nSPS) is 10.0. The van der Waals surface area contributed by atoms with Crippen molar-refractivity contribution in [3.05, 3.63) is 0 Å². The first-order valence-electron chi connectivity index (χ1n) is 2.65. The maximum atomic E-state index is 10.5. The van der Waals surface area contributed by atoms with Crippen molar-refractivity contribution in [3.8, 4) is 0 Å². The first-order valence-corrected chi connectivity index (χ1v) is 4.06. The fourth-order valence-corrected chi connectivity index (χ4v) is 1.08. The van der Waals surface area contributed by atoms with Crippen LogP contribution < -0.4 is 4.72 Å². The van der Waals surface area contributed by atoms with Crippen molar-refractivity contribution in [2.24, 2.45) is 0 Å². The van der Waals surface area contributed by atoms with Crippen LogP contribution in [-0.4, -0.2) is 50.5 Å². The van der Waals surface area contributed by atoms with Crippen molar-refractivity contribution in [1.29, 1.82) is 0 Å². The van der Waals surface area contributed by atoms with Crippen LogP contribution >= 0.6 is 0 Å². The zero-order valence-electron chi connectivity index (χ0n) is 5.75. The van der Waals surface area contributed by atoms with E-state index in [1.165, 1.54) is 6.92 Å². The van der Waals surface area contributed by atoms with Gasteiger partial charge in [0.25, 0.3) is 0 Å². The Morgan fingerprint density at radius 2 is 2.00 bits per heavy atom. The molecule has 0 aromatic carbocycles. The summed E-state index contributed by atoms with van der Waals surface area (Å²) in [6, 6.07) is 0. The molecule has 0 aliphatic rings. The number of amides is 1. The van der Waals surface area contributed by atoms with Gasteiger partial charge in [0.15, 0.2) is 0 Å². The Morgan fingerprint density at radius 1 is 1.55 bits per heavy atom. The Morgan fingerprint density at radius 3 is 2.27 bits per heavy atom. The molecule has 0 aliphatic carbocycles. The number of hydrogen-bond acceptors (Lipinski definition) is 4. The zero-order valence-corrected chi connectivity index (χ0v) is 6.56. The summed E-state index contributed by atoms with van der Waals surface area (Å²) in [7, 11) is -3.83. The van der Waals surface area contributed by atoms with Crippen LogP contribution in [0.4, 0.5) is 0 Å². The third-order valence-electron chi connectivity index (χ3n) is 0.542. The Balaban J connectivity index is 0. The Labute approximate surface area is 88.0 Å².